The normalized spacial score (nSPS) is 11.2. The summed E-state index contributed by atoms with van der Waals surface area (Å²) < 4.78 is 13.8. The number of hydrogen-bond acceptors (Lipinski definition) is 3. The molecule has 2 nitrogen and oxygen atoms in total. The SMILES string of the molecule is CN(CCc1cccs1)Cc1ccc(CN)cc1F. The van der Waals surface area contributed by atoms with Crippen molar-refractivity contribution < 1.29 is 4.39 Å². The van der Waals surface area contributed by atoms with Crippen LogP contribution in [0.1, 0.15) is 16.0 Å². The van der Waals surface area contributed by atoms with Crippen LogP contribution in [0.4, 0.5) is 4.39 Å². The van der Waals surface area contributed by atoms with Crippen LogP contribution in [0.2, 0.25) is 0 Å². The maximum Gasteiger partial charge on any atom is 0.128 e. The van der Waals surface area contributed by atoms with Crippen LogP contribution in [0.3, 0.4) is 0 Å². The first-order chi connectivity index (χ1) is 9.19. The van der Waals surface area contributed by atoms with E-state index in [9.17, 15) is 4.39 Å². The fourth-order valence-electron chi connectivity index (χ4n) is 1.97. The van der Waals surface area contributed by atoms with Gasteiger partial charge >= 0.3 is 0 Å². The van der Waals surface area contributed by atoms with E-state index in [0.29, 0.717) is 13.1 Å². The van der Waals surface area contributed by atoms with Crippen molar-refractivity contribution in [2.45, 2.75) is 19.5 Å². The van der Waals surface area contributed by atoms with Crippen LogP contribution >= 0.6 is 11.3 Å². The Bertz CT molecular complexity index is 511. The molecule has 0 fully saturated rings. The molecule has 1 heterocycles. The van der Waals surface area contributed by atoms with Crippen molar-refractivity contribution in [2.75, 3.05) is 13.6 Å². The molecule has 2 rings (SSSR count). The molecule has 0 spiro atoms. The number of nitrogens with zero attached hydrogens (tertiary/aromatic N) is 1. The molecule has 0 aliphatic rings. The van der Waals surface area contributed by atoms with Crippen LogP contribution in [0.5, 0.6) is 0 Å². The third-order valence-electron chi connectivity index (χ3n) is 3.11. The van der Waals surface area contributed by atoms with Gasteiger partial charge in [-0.2, -0.15) is 0 Å². The summed E-state index contributed by atoms with van der Waals surface area (Å²) in [6.07, 6.45) is 1.01. The number of rotatable bonds is 6. The Morgan fingerprint density at radius 3 is 2.79 bits per heavy atom. The summed E-state index contributed by atoms with van der Waals surface area (Å²) in [5.41, 5.74) is 7.06. The predicted molar refractivity (Wildman–Crippen MR) is 78.6 cm³/mol. The van der Waals surface area contributed by atoms with Crippen LogP contribution in [0.25, 0.3) is 0 Å². The van der Waals surface area contributed by atoms with Gasteiger partial charge in [-0.25, -0.2) is 4.39 Å². The van der Waals surface area contributed by atoms with Crippen LogP contribution in [0, 0.1) is 5.82 Å². The van der Waals surface area contributed by atoms with Gasteiger partial charge in [-0.1, -0.05) is 18.2 Å². The molecule has 1 aromatic heterocycles. The molecule has 1 aromatic carbocycles. The second kappa shape index (κ2) is 6.80. The summed E-state index contributed by atoms with van der Waals surface area (Å²) in [4.78, 5) is 3.51. The second-order valence-corrected chi connectivity index (χ2v) is 5.73. The number of thiophene rings is 1. The van der Waals surface area contributed by atoms with Crippen molar-refractivity contribution >= 4 is 11.3 Å². The summed E-state index contributed by atoms with van der Waals surface area (Å²) in [5.74, 6) is -0.161. The van der Waals surface area contributed by atoms with Gasteiger partial charge in [-0.05, 0) is 36.5 Å². The maximum atomic E-state index is 13.8. The summed E-state index contributed by atoms with van der Waals surface area (Å²) >= 11 is 1.76. The van der Waals surface area contributed by atoms with Crippen LogP contribution in [-0.4, -0.2) is 18.5 Å². The van der Waals surface area contributed by atoms with E-state index >= 15 is 0 Å². The molecular formula is C15H19FN2S. The zero-order valence-corrected chi connectivity index (χ0v) is 11.9. The third-order valence-corrected chi connectivity index (χ3v) is 4.05. The van der Waals surface area contributed by atoms with E-state index in [1.54, 1.807) is 11.3 Å². The number of benzene rings is 1. The average Bonchev–Trinajstić information content (AvgIpc) is 2.92. The van der Waals surface area contributed by atoms with Crippen LogP contribution in [0.15, 0.2) is 35.7 Å². The Morgan fingerprint density at radius 2 is 2.16 bits per heavy atom. The lowest BCUT2D eigenvalue weighted by atomic mass is 10.1. The smallest absolute Gasteiger partial charge is 0.128 e. The number of halogens is 1. The van der Waals surface area contributed by atoms with Gasteiger partial charge in [0, 0.05) is 30.1 Å². The molecule has 0 bridgehead atoms. The van der Waals surface area contributed by atoms with E-state index in [2.05, 4.69) is 22.4 Å². The Morgan fingerprint density at radius 1 is 1.32 bits per heavy atom. The minimum absolute atomic E-state index is 0.161. The molecule has 2 N–H and O–H groups in total. The molecule has 19 heavy (non-hydrogen) atoms. The van der Waals surface area contributed by atoms with Gasteiger partial charge in [0.1, 0.15) is 5.82 Å². The van der Waals surface area contributed by atoms with Crippen molar-refractivity contribution in [1.29, 1.82) is 0 Å². The molecule has 0 unspecified atom stereocenters. The van der Waals surface area contributed by atoms with Gasteiger partial charge in [-0.15, -0.1) is 11.3 Å². The van der Waals surface area contributed by atoms with E-state index in [0.717, 1.165) is 24.1 Å². The fraction of sp³-hybridized carbons (Fsp3) is 0.333. The van der Waals surface area contributed by atoms with Gasteiger partial charge < -0.3 is 10.6 Å². The minimum Gasteiger partial charge on any atom is -0.326 e. The predicted octanol–water partition coefficient (Wildman–Crippen LogP) is 3.02. The van der Waals surface area contributed by atoms with Crippen molar-refractivity contribution in [1.82, 2.24) is 4.90 Å². The average molecular weight is 278 g/mol. The van der Waals surface area contributed by atoms with Crippen LogP contribution < -0.4 is 5.73 Å². The molecular weight excluding hydrogens is 259 g/mol. The number of likely N-dealkylation sites (N-methyl/N-ethyl adjacent to an activating group) is 1. The zero-order chi connectivity index (χ0) is 13.7. The summed E-state index contributed by atoms with van der Waals surface area (Å²) in [6, 6.07) is 9.45. The van der Waals surface area contributed by atoms with Crippen LogP contribution in [-0.2, 0) is 19.5 Å². The monoisotopic (exact) mass is 278 g/mol. The minimum atomic E-state index is -0.161. The highest BCUT2D eigenvalue weighted by Gasteiger charge is 2.07. The van der Waals surface area contributed by atoms with E-state index in [1.165, 1.54) is 10.9 Å². The molecule has 0 saturated heterocycles. The second-order valence-electron chi connectivity index (χ2n) is 4.70. The summed E-state index contributed by atoms with van der Waals surface area (Å²) in [7, 11) is 2.02. The van der Waals surface area contributed by atoms with Crippen molar-refractivity contribution in [3.05, 3.63) is 57.5 Å². The van der Waals surface area contributed by atoms with E-state index < -0.39 is 0 Å². The Labute approximate surface area is 117 Å². The Hall–Kier alpha value is -1.23. The quantitative estimate of drug-likeness (QED) is 0.880. The van der Waals surface area contributed by atoms with Gasteiger partial charge in [0.25, 0.3) is 0 Å². The van der Waals surface area contributed by atoms with E-state index in [-0.39, 0.29) is 5.82 Å². The standard InChI is InChI=1S/C15H19FN2S/c1-18(7-6-14-3-2-8-19-14)11-13-5-4-12(10-17)9-15(13)16/h2-5,8-9H,6-7,10-11,17H2,1H3. The van der Waals surface area contributed by atoms with E-state index in [1.807, 2.05) is 19.2 Å². The van der Waals surface area contributed by atoms with Gasteiger partial charge in [0.05, 0.1) is 0 Å². The van der Waals surface area contributed by atoms with Crippen molar-refractivity contribution in [3.63, 3.8) is 0 Å². The Kier molecular flexibility index (Phi) is 5.07. The fourth-order valence-corrected chi connectivity index (χ4v) is 2.67. The van der Waals surface area contributed by atoms with Gasteiger partial charge in [0.15, 0.2) is 0 Å². The van der Waals surface area contributed by atoms with Gasteiger partial charge in [-0.3, -0.25) is 0 Å². The first-order valence-electron chi connectivity index (χ1n) is 6.37. The Balaban J connectivity index is 1.89. The highest BCUT2D eigenvalue weighted by Crippen LogP contribution is 2.14. The number of hydrogen-bond donors (Lipinski definition) is 1. The molecule has 0 saturated carbocycles. The lowest BCUT2D eigenvalue weighted by molar-refractivity contribution is 0.326. The lowest BCUT2D eigenvalue weighted by Crippen LogP contribution is -2.21. The molecule has 0 atom stereocenters. The van der Waals surface area contributed by atoms with Crippen molar-refractivity contribution in [3.8, 4) is 0 Å². The first-order valence-corrected chi connectivity index (χ1v) is 7.25. The summed E-state index contributed by atoms with van der Waals surface area (Å²) in [6.45, 7) is 1.94. The molecule has 2 aromatic rings. The third kappa shape index (κ3) is 4.13. The summed E-state index contributed by atoms with van der Waals surface area (Å²) in [5, 5.41) is 2.08. The molecule has 0 amide bonds. The maximum absolute atomic E-state index is 13.8. The molecule has 4 heteroatoms. The highest BCUT2D eigenvalue weighted by atomic mass is 32.1. The largest absolute Gasteiger partial charge is 0.326 e. The molecule has 102 valence electrons. The molecule has 0 aliphatic carbocycles. The lowest BCUT2D eigenvalue weighted by Gasteiger charge is -2.17. The highest BCUT2D eigenvalue weighted by molar-refractivity contribution is 7.09. The number of nitrogens with two attached hydrogens (primary N) is 1. The van der Waals surface area contributed by atoms with E-state index in [4.69, 9.17) is 5.73 Å². The van der Waals surface area contributed by atoms with Crippen molar-refractivity contribution in [2.24, 2.45) is 5.73 Å². The first kappa shape index (κ1) is 14.2. The van der Waals surface area contributed by atoms with Gasteiger partial charge in [0.2, 0.25) is 0 Å². The molecule has 0 aliphatic heterocycles. The topological polar surface area (TPSA) is 29.3 Å². The molecule has 0 radical (unpaired) electrons. The zero-order valence-electron chi connectivity index (χ0n) is 11.1.